The molecule has 3 aliphatic rings. The Labute approximate surface area is 137 Å². The molecule has 0 aromatic carbocycles. The van der Waals surface area contributed by atoms with Gasteiger partial charge in [0.05, 0.1) is 30.0 Å². The van der Waals surface area contributed by atoms with E-state index in [2.05, 4.69) is 15.6 Å². The van der Waals surface area contributed by atoms with Gasteiger partial charge in [-0.05, 0) is 50.2 Å². The van der Waals surface area contributed by atoms with Crippen LogP contribution in [-0.4, -0.2) is 29.3 Å². The van der Waals surface area contributed by atoms with Crippen LogP contribution in [0.15, 0.2) is 24.4 Å². The molecule has 4 rings (SSSR count). The summed E-state index contributed by atoms with van der Waals surface area (Å²) in [5.74, 6) is 0.493. The van der Waals surface area contributed by atoms with E-state index in [1.54, 1.807) is 6.20 Å². The van der Waals surface area contributed by atoms with E-state index in [4.69, 9.17) is 4.74 Å². The average molecular weight is 315 g/mol. The number of urea groups is 1. The van der Waals surface area contributed by atoms with Crippen LogP contribution in [0.3, 0.4) is 0 Å². The molecule has 2 aliphatic heterocycles. The van der Waals surface area contributed by atoms with Crippen LogP contribution < -0.4 is 10.6 Å². The van der Waals surface area contributed by atoms with Crippen molar-refractivity contribution in [3.63, 3.8) is 0 Å². The summed E-state index contributed by atoms with van der Waals surface area (Å²) in [4.78, 5) is 17.0. The van der Waals surface area contributed by atoms with Gasteiger partial charge in [-0.25, -0.2) is 4.79 Å². The molecule has 4 atom stereocenters. The Hall–Kier alpha value is -1.62. The highest BCUT2D eigenvalue weighted by atomic mass is 16.5. The number of aromatic nitrogens is 1. The second-order valence-corrected chi connectivity index (χ2v) is 7.11. The highest BCUT2D eigenvalue weighted by Crippen LogP contribution is 2.36. The predicted molar refractivity (Wildman–Crippen MR) is 86.9 cm³/mol. The van der Waals surface area contributed by atoms with Crippen molar-refractivity contribution in [3.05, 3.63) is 30.1 Å². The van der Waals surface area contributed by atoms with Gasteiger partial charge in [0.2, 0.25) is 0 Å². The minimum absolute atomic E-state index is 0.0122. The Morgan fingerprint density at radius 2 is 2.09 bits per heavy atom. The van der Waals surface area contributed by atoms with E-state index in [0.29, 0.717) is 12.0 Å². The van der Waals surface area contributed by atoms with E-state index < -0.39 is 0 Å². The number of ether oxygens (including phenoxy) is 1. The first kappa shape index (κ1) is 14.9. The van der Waals surface area contributed by atoms with Crippen LogP contribution >= 0.6 is 0 Å². The summed E-state index contributed by atoms with van der Waals surface area (Å²) in [6.45, 7) is 0. The third-order valence-corrected chi connectivity index (χ3v) is 5.59. The Morgan fingerprint density at radius 3 is 2.74 bits per heavy atom. The van der Waals surface area contributed by atoms with E-state index in [-0.39, 0.29) is 24.2 Å². The van der Waals surface area contributed by atoms with Gasteiger partial charge in [0, 0.05) is 6.20 Å². The zero-order valence-corrected chi connectivity index (χ0v) is 13.4. The minimum atomic E-state index is -0.0753. The summed E-state index contributed by atoms with van der Waals surface area (Å²) in [6, 6.07) is 6.04. The average Bonchev–Trinajstić information content (AvgIpc) is 3.31. The standard InChI is InChI=1S/C18H25N3O2/c22-18(20-15-11-13-8-9-16(15)23-13)21-17(12-5-1-2-6-12)14-7-3-4-10-19-14/h3-4,7,10,12-13,15-17H,1-2,5-6,8-9,11H2,(H2,20,21,22)/t13-,15+,16-,17+/m1/s1. The lowest BCUT2D eigenvalue weighted by Crippen LogP contribution is -2.48. The maximum absolute atomic E-state index is 12.5. The third-order valence-electron chi connectivity index (χ3n) is 5.59. The van der Waals surface area contributed by atoms with Gasteiger partial charge in [0.15, 0.2) is 0 Å². The normalized spacial score (nSPS) is 31.2. The molecule has 124 valence electrons. The summed E-state index contributed by atoms with van der Waals surface area (Å²) < 4.78 is 5.82. The molecule has 2 saturated heterocycles. The molecule has 3 heterocycles. The summed E-state index contributed by atoms with van der Waals surface area (Å²) in [5, 5.41) is 6.32. The number of rotatable bonds is 4. The highest BCUT2D eigenvalue weighted by Gasteiger charge is 2.41. The van der Waals surface area contributed by atoms with Crippen molar-refractivity contribution >= 4 is 6.03 Å². The van der Waals surface area contributed by atoms with Crippen LogP contribution in [0.4, 0.5) is 4.79 Å². The van der Waals surface area contributed by atoms with Crippen LogP contribution in [0.25, 0.3) is 0 Å². The first-order valence-corrected chi connectivity index (χ1v) is 8.93. The largest absolute Gasteiger partial charge is 0.373 e. The van der Waals surface area contributed by atoms with Gasteiger partial charge in [0.25, 0.3) is 0 Å². The quantitative estimate of drug-likeness (QED) is 0.898. The molecule has 2 N–H and O–H groups in total. The summed E-state index contributed by atoms with van der Waals surface area (Å²) in [6.07, 6.45) is 10.4. The van der Waals surface area contributed by atoms with Crippen molar-refractivity contribution in [1.29, 1.82) is 0 Å². The fraction of sp³-hybridized carbons (Fsp3) is 0.667. The molecular weight excluding hydrogens is 290 g/mol. The molecule has 0 spiro atoms. The van der Waals surface area contributed by atoms with E-state index in [1.807, 2.05) is 18.2 Å². The molecular formula is C18H25N3O2. The number of fused-ring (bicyclic) bond motifs is 2. The Bertz CT molecular complexity index is 544. The van der Waals surface area contributed by atoms with Crippen LogP contribution in [0.2, 0.25) is 0 Å². The van der Waals surface area contributed by atoms with Crippen LogP contribution in [0, 0.1) is 5.92 Å². The molecule has 23 heavy (non-hydrogen) atoms. The fourth-order valence-electron chi connectivity index (χ4n) is 4.42. The molecule has 1 aliphatic carbocycles. The number of hydrogen-bond donors (Lipinski definition) is 2. The van der Waals surface area contributed by atoms with Crippen molar-refractivity contribution in [2.75, 3.05) is 0 Å². The van der Waals surface area contributed by atoms with Crippen molar-refractivity contribution < 1.29 is 9.53 Å². The van der Waals surface area contributed by atoms with Crippen molar-refractivity contribution in [1.82, 2.24) is 15.6 Å². The summed E-state index contributed by atoms with van der Waals surface area (Å²) >= 11 is 0. The zero-order valence-electron chi connectivity index (χ0n) is 13.4. The van der Waals surface area contributed by atoms with Gasteiger partial charge in [-0.15, -0.1) is 0 Å². The monoisotopic (exact) mass is 315 g/mol. The molecule has 1 aromatic rings. The van der Waals surface area contributed by atoms with Gasteiger partial charge < -0.3 is 15.4 Å². The molecule has 5 heteroatoms. The van der Waals surface area contributed by atoms with Gasteiger partial charge in [-0.2, -0.15) is 0 Å². The maximum atomic E-state index is 12.5. The lowest BCUT2D eigenvalue weighted by Gasteiger charge is -2.26. The second-order valence-electron chi connectivity index (χ2n) is 7.11. The number of carbonyl (C=O) groups is 1. The van der Waals surface area contributed by atoms with Gasteiger partial charge >= 0.3 is 6.03 Å². The van der Waals surface area contributed by atoms with Crippen molar-refractivity contribution in [2.45, 2.75) is 69.2 Å². The van der Waals surface area contributed by atoms with Gasteiger partial charge in [-0.1, -0.05) is 18.9 Å². The third kappa shape index (κ3) is 3.20. The van der Waals surface area contributed by atoms with E-state index in [0.717, 1.165) is 25.0 Å². The molecule has 0 radical (unpaired) electrons. The topological polar surface area (TPSA) is 63.2 Å². The number of nitrogens with zero attached hydrogens (tertiary/aromatic N) is 1. The Balaban J connectivity index is 1.41. The van der Waals surface area contributed by atoms with Crippen molar-refractivity contribution in [3.8, 4) is 0 Å². The number of carbonyl (C=O) groups excluding carboxylic acids is 1. The summed E-state index contributed by atoms with van der Waals surface area (Å²) in [5.41, 5.74) is 0.971. The van der Waals surface area contributed by atoms with E-state index in [9.17, 15) is 4.79 Å². The number of pyridine rings is 1. The number of amides is 2. The van der Waals surface area contributed by atoms with Crippen LogP contribution in [0.1, 0.15) is 56.7 Å². The number of hydrogen-bond acceptors (Lipinski definition) is 3. The molecule has 3 fully saturated rings. The first-order chi connectivity index (χ1) is 11.3. The smallest absolute Gasteiger partial charge is 0.315 e. The predicted octanol–water partition coefficient (Wildman–Crippen LogP) is 2.93. The maximum Gasteiger partial charge on any atom is 0.315 e. The highest BCUT2D eigenvalue weighted by molar-refractivity contribution is 5.75. The van der Waals surface area contributed by atoms with Gasteiger partial charge in [-0.3, -0.25) is 4.98 Å². The van der Waals surface area contributed by atoms with Crippen molar-refractivity contribution in [2.24, 2.45) is 5.92 Å². The molecule has 1 aromatic heterocycles. The molecule has 1 saturated carbocycles. The van der Waals surface area contributed by atoms with E-state index in [1.165, 1.54) is 25.7 Å². The molecule has 0 unspecified atom stereocenters. The minimum Gasteiger partial charge on any atom is -0.373 e. The lowest BCUT2D eigenvalue weighted by atomic mass is 9.94. The lowest BCUT2D eigenvalue weighted by molar-refractivity contribution is 0.0979. The first-order valence-electron chi connectivity index (χ1n) is 8.93. The zero-order chi connectivity index (χ0) is 15.6. The Kier molecular flexibility index (Phi) is 4.21. The summed E-state index contributed by atoms with van der Waals surface area (Å²) in [7, 11) is 0. The molecule has 5 nitrogen and oxygen atoms in total. The SMILES string of the molecule is O=C(N[C@H](c1ccccn1)C1CCCC1)N[C@H]1C[C@H]2CC[C@H]1O2. The van der Waals surface area contributed by atoms with E-state index >= 15 is 0 Å². The van der Waals surface area contributed by atoms with Gasteiger partial charge in [0.1, 0.15) is 0 Å². The Morgan fingerprint density at radius 1 is 1.22 bits per heavy atom. The fourth-order valence-corrected chi connectivity index (χ4v) is 4.42. The number of nitrogens with one attached hydrogen (secondary N) is 2. The second kappa shape index (κ2) is 6.48. The van der Waals surface area contributed by atoms with Crippen LogP contribution in [0.5, 0.6) is 0 Å². The molecule has 2 amide bonds. The van der Waals surface area contributed by atoms with Crippen LogP contribution in [-0.2, 0) is 4.74 Å². The molecule has 2 bridgehead atoms.